The van der Waals surface area contributed by atoms with Crippen molar-refractivity contribution < 1.29 is 4.39 Å². The molecule has 4 rings (SSSR count). The molecular weight excluding hydrogens is 311 g/mol. The molecule has 3 atom stereocenters. The van der Waals surface area contributed by atoms with Gasteiger partial charge in [-0.05, 0) is 38.7 Å². The molecule has 2 aliphatic rings. The highest BCUT2D eigenvalue weighted by Crippen LogP contribution is 2.39. The van der Waals surface area contributed by atoms with Crippen LogP contribution in [0.3, 0.4) is 0 Å². The van der Waals surface area contributed by atoms with Crippen LogP contribution in [0.2, 0.25) is 0 Å². The van der Waals surface area contributed by atoms with E-state index in [1.54, 1.807) is 4.57 Å². The second kappa shape index (κ2) is 5.17. The van der Waals surface area contributed by atoms with Gasteiger partial charge in [-0.15, -0.1) is 0 Å². The lowest BCUT2D eigenvalue weighted by Gasteiger charge is -2.23. The summed E-state index contributed by atoms with van der Waals surface area (Å²) >= 11 is 0. The van der Waals surface area contributed by atoms with Crippen LogP contribution < -0.4 is 21.9 Å². The van der Waals surface area contributed by atoms with Crippen LogP contribution in [0, 0.1) is 11.7 Å². The summed E-state index contributed by atoms with van der Waals surface area (Å²) < 4.78 is 16.4. The Kier molecular flexibility index (Phi) is 3.32. The zero-order valence-corrected chi connectivity index (χ0v) is 13.8. The van der Waals surface area contributed by atoms with E-state index in [1.807, 2.05) is 18.7 Å². The van der Waals surface area contributed by atoms with Crippen LogP contribution >= 0.6 is 0 Å². The third-order valence-corrected chi connectivity index (χ3v) is 5.47. The van der Waals surface area contributed by atoms with Crippen LogP contribution in [0.25, 0.3) is 10.9 Å². The van der Waals surface area contributed by atoms with Gasteiger partial charge in [-0.3, -0.25) is 14.3 Å². The lowest BCUT2D eigenvalue weighted by atomic mass is 10.0. The van der Waals surface area contributed by atoms with Crippen LogP contribution in [-0.4, -0.2) is 28.7 Å². The Morgan fingerprint density at radius 1 is 1.42 bits per heavy atom. The molecule has 3 heterocycles. The monoisotopic (exact) mass is 332 g/mol. The van der Waals surface area contributed by atoms with Gasteiger partial charge in [-0.2, -0.15) is 0 Å². The van der Waals surface area contributed by atoms with Crippen molar-refractivity contribution in [2.45, 2.75) is 38.8 Å². The van der Waals surface area contributed by atoms with Crippen molar-refractivity contribution in [3.05, 3.63) is 38.3 Å². The topological polar surface area (TPSA) is 84.1 Å². The third-order valence-electron chi connectivity index (χ3n) is 5.47. The number of hydrogen-bond donors (Lipinski definition) is 2. The molecule has 1 unspecified atom stereocenters. The number of nitrogens with two attached hydrogens (primary N) is 1. The van der Waals surface area contributed by atoms with Crippen molar-refractivity contribution >= 4 is 16.6 Å². The van der Waals surface area contributed by atoms with Gasteiger partial charge in [0.1, 0.15) is 5.82 Å². The van der Waals surface area contributed by atoms with Crippen molar-refractivity contribution in [2.24, 2.45) is 11.7 Å². The largest absolute Gasteiger partial charge is 0.369 e. The molecular formula is C17H21FN4O2. The molecule has 2 aliphatic heterocycles. The summed E-state index contributed by atoms with van der Waals surface area (Å²) in [6, 6.07) is 1.23. The van der Waals surface area contributed by atoms with Crippen molar-refractivity contribution in [1.29, 1.82) is 0 Å². The fourth-order valence-electron chi connectivity index (χ4n) is 4.22. The Bertz CT molecular complexity index is 946. The van der Waals surface area contributed by atoms with Gasteiger partial charge < -0.3 is 10.6 Å². The molecule has 6 nitrogen and oxygen atoms in total. The third kappa shape index (κ3) is 2.04. The average molecular weight is 332 g/mol. The van der Waals surface area contributed by atoms with E-state index in [2.05, 4.69) is 4.98 Å². The minimum atomic E-state index is -0.526. The van der Waals surface area contributed by atoms with E-state index in [9.17, 15) is 14.0 Å². The van der Waals surface area contributed by atoms with Gasteiger partial charge >= 0.3 is 5.69 Å². The first-order chi connectivity index (χ1) is 11.4. The van der Waals surface area contributed by atoms with Gasteiger partial charge in [0.25, 0.3) is 5.56 Å². The second-order valence-corrected chi connectivity index (χ2v) is 7.12. The van der Waals surface area contributed by atoms with E-state index in [0.29, 0.717) is 30.1 Å². The Labute approximate surface area is 138 Å². The Morgan fingerprint density at radius 2 is 2.17 bits per heavy atom. The lowest BCUT2D eigenvalue weighted by molar-refractivity contribution is 0.487. The number of nitrogens with zero attached hydrogens (tertiary/aromatic N) is 2. The van der Waals surface area contributed by atoms with Crippen LogP contribution in [0.15, 0.2) is 15.7 Å². The summed E-state index contributed by atoms with van der Waals surface area (Å²) in [5.41, 5.74) is 6.93. The predicted molar refractivity (Wildman–Crippen MR) is 91.2 cm³/mol. The van der Waals surface area contributed by atoms with Crippen molar-refractivity contribution in [2.75, 3.05) is 18.0 Å². The van der Waals surface area contributed by atoms with Gasteiger partial charge in [0.15, 0.2) is 0 Å². The number of anilines is 1. The molecule has 1 saturated heterocycles. The van der Waals surface area contributed by atoms with E-state index in [1.165, 1.54) is 6.07 Å². The molecule has 24 heavy (non-hydrogen) atoms. The first-order valence-corrected chi connectivity index (χ1v) is 8.39. The minimum Gasteiger partial charge on any atom is -0.369 e. The molecule has 2 aromatic rings. The van der Waals surface area contributed by atoms with E-state index in [-0.39, 0.29) is 17.5 Å². The highest BCUT2D eigenvalue weighted by molar-refractivity contribution is 5.88. The number of nitrogens with one attached hydrogen (secondary N) is 1. The smallest absolute Gasteiger partial charge is 0.329 e. The number of rotatable bonds is 2. The normalized spacial score (nSPS) is 24.1. The van der Waals surface area contributed by atoms with Gasteiger partial charge in [-0.25, -0.2) is 9.18 Å². The number of hydrogen-bond acceptors (Lipinski definition) is 4. The first kappa shape index (κ1) is 15.4. The highest BCUT2D eigenvalue weighted by atomic mass is 19.1. The van der Waals surface area contributed by atoms with E-state index >= 15 is 0 Å². The summed E-state index contributed by atoms with van der Waals surface area (Å²) in [7, 11) is 0. The maximum absolute atomic E-state index is 14.9. The standard InChI is InChI=1S/C17H21FN4O2/c1-8-5-11-14-12(16(23)20-17(24)22(8)14)6-13(18)15(11)21-4-3-10(7-21)9(2)19/h6,8-10H,3-5,7,19H2,1-2H3,(H,20,23,24)/t8?,9-,10-/m0/s1. The summed E-state index contributed by atoms with van der Waals surface area (Å²) in [5.74, 6) is -0.0693. The molecule has 0 bridgehead atoms. The molecule has 0 amide bonds. The molecule has 128 valence electrons. The summed E-state index contributed by atoms with van der Waals surface area (Å²) in [6.45, 7) is 5.33. The zero-order chi connectivity index (χ0) is 17.2. The van der Waals surface area contributed by atoms with Crippen LogP contribution in [0.4, 0.5) is 10.1 Å². The molecule has 0 radical (unpaired) electrons. The van der Waals surface area contributed by atoms with Crippen molar-refractivity contribution in [3.8, 4) is 0 Å². The molecule has 0 aliphatic carbocycles. The average Bonchev–Trinajstić information content (AvgIpc) is 3.09. The molecule has 1 aromatic heterocycles. The molecule has 3 N–H and O–H groups in total. The molecule has 0 spiro atoms. The predicted octanol–water partition coefficient (Wildman–Crippen LogP) is 1.12. The molecule has 1 aromatic carbocycles. The number of aromatic nitrogens is 2. The Balaban J connectivity index is 1.95. The van der Waals surface area contributed by atoms with Gasteiger partial charge in [0, 0.05) is 30.7 Å². The maximum atomic E-state index is 14.9. The fraction of sp³-hybridized carbons (Fsp3) is 0.529. The lowest BCUT2D eigenvalue weighted by Crippen LogP contribution is -2.31. The molecule has 1 fully saturated rings. The van der Waals surface area contributed by atoms with Gasteiger partial charge in [0.05, 0.1) is 16.6 Å². The highest BCUT2D eigenvalue weighted by Gasteiger charge is 2.33. The molecule has 7 heteroatoms. The summed E-state index contributed by atoms with van der Waals surface area (Å²) in [5, 5.41) is 0.248. The first-order valence-electron chi connectivity index (χ1n) is 8.39. The minimum absolute atomic E-state index is 0.0621. The second-order valence-electron chi connectivity index (χ2n) is 7.12. The molecule has 0 saturated carbocycles. The fourth-order valence-corrected chi connectivity index (χ4v) is 4.22. The van der Waals surface area contributed by atoms with E-state index < -0.39 is 17.1 Å². The van der Waals surface area contributed by atoms with Crippen LogP contribution in [0.5, 0.6) is 0 Å². The van der Waals surface area contributed by atoms with Crippen molar-refractivity contribution in [1.82, 2.24) is 9.55 Å². The quantitative estimate of drug-likeness (QED) is 0.863. The Morgan fingerprint density at radius 3 is 2.83 bits per heavy atom. The van der Waals surface area contributed by atoms with Crippen LogP contribution in [0.1, 0.15) is 31.9 Å². The summed E-state index contributed by atoms with van der Waals surface area (Å²) in [4.78, 5) is 28.6. The maximum Gasteiger partial charge on any atom is 0.329 e. The van der Waals surface area contributed by atoms with E-state index in [0.717, 1.165) is 18.5 Å². The number of aromatic amines is 1. The summed E-state index contributed by atoms with van der Waals surface area (Å²) in [6.07, 6.45) is 1.47. The number of halogens is 1. The van der Waals surface area contributed by atoms with Crippen molar-refractivity contribution in [3.63, 3.8) is 0 Å². The van der Waals surface area contributed by atoms with Gasteiger partial charge in [-0.1, -0.05) is 0 Å². The van der Waals surface area contributed by atoms with E-state index in [4.69, 9.17) is 5.73 Å². The number of H-pyrrole nitrogens is 1. The SMILES string of the molecule is CC1Cc2c(N3CC[C@H]([C@H](C)N)C3)c(F)cc3c(=O)[nH]c(=O)n1c23. The number of benzene rings is 1. The Hall–Kier alpha value is -2.15. The zero-order valence-electron chi connectivity index (χ0n) is 13.8. The van der Waals surface area contributed by atoms with Gasteiger partial charge in [0.2, 0.25) is 0 Å². The van der Waals surface area contributed by atoms with Crippen LogP contribution in [-0.2, 0) is 6.42 Å².